The summed E-state index contributed by atoms with van der Waals surface area (Å²) in [5.74, 6) is -0.306. The van der Waals surface area contributed by atoms with Gasteiger partial charge in [-0.25, -0.2) is 0 Å². The molecule has 5 nitrogen and oxygen atoms in total. The molecule has 1 heterocycles. The zero-order valence-corrected chi connectivity index (χ0v) is 10.7. The lowest BCUT2D eigenvalue weighted by Gasteiger charge is -2.09. The lowest BCUT2D eigenvalue weighted by Crippen LogP contribution is -2.17. The molecule has 0 saturated carbocycles. The molecule has 0 radical (unpaired) electrons. The number of hydrogen-bond acceptors (Lipinski definition) is 5. The Bertz CT molecular complexity index is 622. The van der Waals surface area contributed by atoms with E-state index in [1.54, 1.807) is 0 Å². The van der Waals surface area contributed by atoms with E-state index in [1.165, 1.54) is 19.2 Å². The molecule has 0 bridgehead atoms. The summed E-state index contributed by atoms with van der Waals surface area (Å²) in [6.45, 7) is 0. The maximum absolute atomic E-state index is 12.2. The van der Waals surface area contributed by atoms with Crippen LogP contribution in [-0.2, 0) is 0 Å². The molecule has 0 aliphatic carbocycles. The summed E-state index contributed by atoms with van der Waals surface area (Å²) in [5, 5.41) is -0.131. The van der Waals surface area contributed by atoms with Crippen LogP contribution < -0.4 is 9.47 Å². The Labute approximate surface area is 116 Å². The molecule has 9 heteroatoms. The molecule has 0 atom stereocenters. The van der Waals surface area contributed by atoms with Crippen molar-refractivity contribution < 1.29 is 22.6 Å². The first-order chi connectivity index (χ1) is 9.37. The molecule has 1 aromatic carbocycles. The van der Waals surface area contributed by atoms with Gasteiger partial charge >= 0.3 is 12.4 Å². The summed E-state index contributed by atoms with van der Waals surface area (Å²) in [7, 11) is 1.33. The second kappa shape index (κ2) is 5.49. The normalized spacial score (nSPS) is 11.2. The highest BCUT2D eigenvalue weighted by atomic mass is 35.5. The average molecular weight is 306 g/mol. The van der Waals surface area contributed by atoms with E-state index in [2.05, 4.69) is 19.7 Å². The van der Waals surface area contributed by atoms with Crippen LogP contribution in [0, 0.1) is 0 Å². The summed E-state index contributed by atoms with van der Waals surface area (Å²) in [4.78, 5) is 11.4. The van der Waals surface area contributed by atoms with Crippen LogP contribution in [0.5, 0.6) is 11.8 Å². The zero-order chi connectivity index (χ0) is 14.8. The Morgan fingerprint density at radius 3 is 2.55 bits per heavy atom. The summed E-state index contributed by atoms with van der Waals surface area (Å²) in [5.41, 5.74) is 0.286. The van der Waals surface area contributed by atoms with Gasteiger partial charge in [-0.3, -0.25) is 0 Å². The lowest BCUT2D eigenvalue weighted by atomic mass is 10.2. The van der Waals surface area contributed by atoms with E-state index in [0.717, 1.165) is 12.1 Å². The topological polar surface area (TPSA) is 57.1 Å². The molecule has 0 N–H and O–H groups in total. The SMILES string of the molecule is COc1nc(Cl)nc(-c2cccc(OC(F)(F)F)c2)n1. The van der Waals surface area contributed by atoms with E-state index in [1.807, 2.05) is 0 Å². The van der Waals surface area contributed by atoms with Crippen molar-refractivity contribution >= 4 is 11.6 Å². The van der Waals surface area contributed by atoms with E-state index in [-0.39, 0.29) is 28.4 Å². The number of benzene rings is 1. The summed E-state index contributed by atoms with van der Waals surface area (Å²) < 4.78 is 45.1. The van der Waals surface area contributed by atoms with Gasteiger partial charge in [-0.05, 0) is 23.7 Å². The number of aromatic nitrogens is 3. The van der Waals surface area contributed by atoms with Gasteiger partial charge in [0.2, 0.25) is 5.28 Å². The monoisotopic (exact) mass is 305 g/mol. The van der Waals surface area contributed by atoms with Crippen LogP contribution >= 0.6 is 11.6 Å². The predicted octanol–water partition coefficient (Wildman–Crippen LogP) is 3.10. The molecular formula is C11H7ClF3N3O2. The molecule has 0 amide bonds. The third-order valence-electron chi connectivity index (χ3n) is 2.10. The van der Waals surface area contributed by atoms with Crippen molar-refractivity contribution in [2.45, 2.75) is 6.36 Å². The van der Waals surface area contributed by atoms with E-state index in [9.17, 15) is 13.2 Å². The molecular weight excluding hydrogens is 299 g/mol. The molecule has 0 aliphatic heterocycles. The number of nitrogens with zero attached hydrogens (tertiary/aromatic N) is 3. The van der Waals surface area contributed by atoms with E-state index < -0.39 is 6.36 Å². The average Bonchev–Trinajstić information content (AvgIpc) is 2.36. The molecule has 0 aliphatic rings. The highest BCUT2D eigenvalue weighted by molar-refractivity contribution is 6.28. The highest BCUT2D eigenvalue weighted by Crippen LogP contribution is 2.27. The number of hydrogen-bond donors (Lipinski definition) is 0. The second-order valence-corrected chi connectivity index (χ2v) is 3.83. The molecule has 2 aromatic rings. The minimum Gasteiger partial charge on any atom is -0.467 e. The number of methoxy groups -OCH3 is 1. The third-order valence-corrected chi connectivity index (χ3v) is 2.27. The van der Waals surface area contributed by atoms with Gasteiger partial charge in [0.25, 0.3) is 0 Å². The number of halogens is 4. The van der Waals surface area contributed by atoms with Gasteiger partial charge in [0.05, 0.1) is 7.11 Å². The van der Waals surface area contributed by atoms with Gasteiger partial charge in [-0.1, -0.05) is 12.1 Å². The largest absolute Gasteiger partial charge is 0.573 e. The predicted molar refractivity (Wildman–Crippen MR) is 63.5 cm³/mol. The van der Waals surface area contributed by atoms with Gasteiger partial charge in [0, 0.05) is 5.56 Å². The molecule has 0 unspecified atom stereocenters. The quantitative estimate of drug-likeness (QED) is 0.872. The van der Waals surface area contributed by atoms with Crippen molar-refractivity contribution in [2.24, 2.45) is 0 Å². The fourth-order valence-corrected chi connectivity index (χ4v) is 1.54. The Morgan fingerprint density at radius 2 is 1.90 bits per heavy atom. The summed E-state index contributed by atoms with van der Waals surface area (Å²) in [6.07, 6.45) is -4.77. The van der Waals surface area contributed by atoms with E-state index in [4.69, 9.17) is 16.3 Å². The van der Waals surface area contributed by atoms with Crippen molar-refractivity contribution in [3.05, 3.63) is 29.5 Å². The molecule has 20 heavy (non-hydrogen) atoms. The number of ether oxygens (including phenoxy) is 2. The first-order valence-corrected chi connectivity index (χ1v) is 5.57. The first kappa shape index (κ1) is 14.3. The molecule has 2 rings (SSSR count). The van der Waals surface area contributed by atoms with Crippen molar-refractivity contribution in [1.29, 1.82) is 0 Å². The standard InChI is InChI=1S/C11H7ClF3N3O2/c1-19-10-17-8(16-9(12)18-10)6-3-2-4-7(5-6)20-11(13,14)15/h2-5H,1H3. The Kier molecular flexibility index (Phi) is 3.93. The summed E-state index contributed by atoms with van der Waals surface area (Å²) in [6, 6.07) is 5.15. The Balaban J connectivity index is 2.38. The second-order valence-electron chi connectivity index (χ2n) is 3.49. The van der Waals surface area contributed by atoms with Gasteiger partial charge in [0.1, 0.15) is 5.75 Å². The van der Waals surface area contributed by atoms with Gasteiger partial charge in [-0.15, -0.1) is 13.2 Å². The van der Waals surface area contributed by atoms with Gasteiger partial charge in [0.15, 0.2) is 5.82 Å². The first-order valence-electron chi connectivity index (χ1n) is 5.19. The fourth-order valence-electron chi connectivity index (χ4n) is 1.38. The van der Waals surface area contributed by atoms with Crippen LogP contribution in [0.25, 0.3) is 11.4 Å². The van der Waals surface area contributed by atoms with Crippen LogP contribution in [0.1, 0.15) is 0 Å². The van der Waals surface area contributed by atoms with Crippen LogP contribution in [0.2, 0.25) is 5.28 Å². The molecule has 106 valence electrons. The smallest absolute Gasteiger partial charge is 0.467 e. The van der Waals surface area contributed by atoms with Crippen LogP contribution in [-0.4, -0.2) is 28.4 Å². The molecule has 0 saturated heterocycles. The van der Waals surface area contributed by atoms with Gasteiger partial charge < -0.3 is 9.47 Å². The van der Waals surface area contributed by atoms with Crippen LogP contribution in [0.4, 0.5) is 13.2 Å². The molecule has 0 fully saturated rings. The van der Waals surface area contributed by atoms with Crippen molar-refractivity contribution in [1.82, 2.24) is 15.0 Å². The van der Waals surface area contributed by atoms with Crippen LogP contribution in [0.15, 0.2) is 24.3 Å². The zero-order valence-electron chi connectivity index (χ0n) is 9.98. The van der Waals surface area contributed by atoms with E-state index >= 15 is 0 Å². The van der Waals surface area contributed by atoms with Crippen molar-refractivity contribution in [2.75, 3.05) is 7.11 Å². The third kappa shape index (κ3) is 3.70. The summed E-state index contributed by atoms with van der Waals surface area (Å²) >= 11 is 5.67. The van der Waals surface area contributed by atoms with E-state index in [0.29, 0.717) is 0 Å². The fraction of sp³-hybridized carbons (Fsp3) is 0.182. The van der Waals surface area contributed by atoms with Crippen molar-refractivity contribution in [3.8, 4) is 23.1 Å². The molecule has 0 spiro atoms. The number of alkyl halides is 3. The van der Waals surface area contributed by atoms with Gasteiger partial charge in [-0.2, -0.15) is 15.0 Å². The highest BCUT2D eigenvalue weighted by Gasteiger charge is 2.31. The molecule has 1 aromatic heterocycles. The maximum Gasteiger partial charge on any atom is 0.573 e. The number of rotatable bonds is 3. The lowest BCUT2D eigenvalue weighted by molar-refractivity contribution is -0.274. The minimum absolute atomic E-state index is 0.0397. The van der Waals surface area contributed by atoms with Crippen molar-refractivity contribution in [3.63, 3.8) is 0 Å². The Morgan fingerprint density at radius 1 is 1.15 bits per heavy atom. The Hall–Kier alpha value is -2.09. The minimum atomic E-state index is -4.77. The maximum atomic E-state index is 12.2. The van der Waals surface area contributed by atoms with Crippen LogP contribution in [0.3, 0.4) is 0 Å².